The summed E-state index contributed by atoms with van der Waals surface area (Å²) in [5.41, 5.74) is 2.05. The molecule has 0 aliphatic heterocycles. The summed E-state index contributed by atoms with van der Waals surface area (Å²) >= 11 is 1.80. The van der Waals surface area contributed by atoms with E-state index in [1.54, 1.807) is 11.3 Å². The van der Waals surface area contributed by atoms with Crippen molar-refractivity contribution in [3.05, 3.63) is 22.4 Å². The minimum Gasteiger partial charge on any atom is -0.314 e. The SMILES string of the molecule is CNC1(CCCc2ccsc2)CC1. The summed E-state index contributed by atoms with van der Waals surface area (Å²) in [6.07, 6.45) is 6.70. The highest BCUT2D eigenvalue weighted by Gasteiger charge is 2.39. The minimum atomic E-state index is 0.538. The minimum absolute atomic E-state index is 0.538. The maximum absolute atomic E-state index is 3.44. The molecule has 0 radical (unpaired) electrons. The van der Waals surface area contributed by atoms with E-state index in [9.17, 15) is 0 Å². The fraction of sp³-hybridized carbons (Fsp3) is 0.636. The molecule has 2 rings (SSSR count). The monoisotopic (exact) mass is 195 g/mol. The number of rotatable bonds is 5. The van der Waals surface area contributed by atoms with Crippen molar-refractivity contribution in [1.82, 2.24) is 5.32 Å². The summed E-state index contributed by atoms with van der Waals surface area (Å²) in [6.45, 7) is 0. The molecule has 0 unspecified atom stereocenters. The van der Waals surface area contributed by atoms with Gasteiger partial charge in [-0.3, -0.25) is 0 Å². The van der Waals surface area contributed by atoms with Crippen LogP contribution in [0.15, 0.2) is 16.8 Å². The van der Waals surface area contributed by atoms with E-state index in [0.29, 0.717) is 5.54 Å². The van der Waals surface area contributed by atoms with Gasteiger partial charge in [0.2, 0.25) is 0 Å². The molecule has 1 nitrogen and oxygen atoms in total. The van der Waals surface area contributed by atoms with Crippen molar-refractivity contribution in [2.75, 3.05) is 7.05 Å². The number of hydrogen-bond donors (Lipinski definition) is 1. The molecule has 0 atom stereocenters. The van der Waals surface area contributed by atoms with E-state index in [-0.39, 0.29) is 0 Å². The Kier molecular flexibility index (Phi) is 2.70. The first kappa shape index (κ1) is 9.22. The van der Waals surface area contributed by atoms with Crippen LogP contribution in [0.3, 0.4) is 0 Å². The van der Waals surface area contributed by atoms with Gasteiger partial charge in [0.1, 0.15) is 0 Å². The van der Waals surface area contributed by atoms with E-state index in [1.807, 2.05) is 0 Å². The number of aryl methyl sites for hydroxylation is 1. The second-order valence-electron chi connectivity index (χ2n) is 4.02. The van der Waals surface area contributed by atoms with Gasteiger partial charge < -0.3 is 5.32 Å². The highest BCUT2D eigenvalue weighted by atomic mass is 32.1. The molecule has 1 saturated carbocycles. The van der Waals surface area contributed by atoms with Gasteiger partial charge in [0.15, 0.2) is 0 Å². The molecule has 1 fully saturated rings. The fourth-order valence-electron chi connectivity index (χ4n) is 1.84. The molecular formula is C11H17NS. The molecule has 1 aliphatic carbocycles. The van der Waals surface area contributed by atoms with E-state index in [4.69, 9.17) is 0 Å². The summed E-state index contributed by atoms with van der Waals surface area (Å²) in [4.78, 5) is 0. The number of hydrogen-bond acceptors (Lipinski definition) is 2. The van der Waals surface area contributed by atoms with Crippen molar-refractivity contribution in [2.45, 2.75) is 37.6 Å². The Balaban J connectivity index is 1.70. The van der Waals surface area contributed by atoms with Gasteiger partial charge in [-0.05, 0) is 61.5 Å². The molecule has 2 heteroatoms. The van der Waals surface area contributed by atoms with Crippen molar-refractivity contribution >= 4 is 11.3 Å². The van der Waals surface area contributed by atoms with Gasteiger partial charge in [-0.25, -0.2) is 0 Å². The maximum atomic E-state index is 3.44. The van der Waals surface area contributed by atoms with Crippen molar-refractivity contribution < 1.29 is 0 Å². The Labute approximate surface area is 84.2 Å². The lowest BCUT2D eigenvalue weighted by molar-refractivity contribution is 0.491. The average Bonchev–Trinajstić information content (AvgIpc) is 2.74. The van der Waals surface area contributed by atoms with Crippen LogP contribution in [0.2, 0.25) is 0 Å². The highest BCUT2D eigenvalue weighted by molar-refractivity contribution is 7.07. The predicted molar refractivity (Wildman–Crippen MR) is 58.3 cm³/mol. The topological polar surface area (TPSA) is 12.0 Å². The zero-order chi connectivity index (χ0) is 9.15. The van der Waals surface area contributed by atoms with E-state index >= 15 is 0 Å². The van der Waals surface area contributed by atoms with Crippen LogP contribution < -0.4 is 5.32 Å². The van der Waals surface area contributed by atoms with E-state index in [1.165, 1.54) is 37.7 Å². The van der Waals surface area contributed by atoms with Gasteiger partial charge in [-0.1, -0.05) is 0 Å². The summed E-state index contributed by atoms with van der Waals surface area (Å²) < 4.78 is 0. The van der Waals surface area contributed by atoms with Gasteiger partial charge in [0, 0.05) is 5.54 Å². The molecular weight excluding hydrogens is 178 g/mol. The number of thiophene rings is 1. The number of nitrogens with one attached hydrogen (secondary N) is 1. The lowest BCUT2D eigenvalue weighted by Gasteiger charge is -2.12. The molecule has 1 aromatic rings. The van der Waals surface area contributed by atoms with Gasteiger partial charge in [-0.2, -0.15) is 11.3 Å². The molecule has 1 N–H and O–H groups in total. The molecule has 1 aromatic heterocycles. The van der Waals surface area contributed by atoms with E-state index in [0.717, 1.165) is 0 Å². The second kappa shape index (κ2) is 3.81. The van der Waals surface area contributed by atoms with Gasteiger partial charge in [0.25, 0.3) is 0 Å². The van der Waals surface area contributed by atoms with Crippen LogP contribution >= 0.6 is 11.3 Å². The van der Waals surface area contributed by atoms with Crippen LogP contribution in [0.5, 0.6) is 0 Å². The van der Waals surface area contributed by atoms with Crippen LogP contribution in [-0.4, -0.2) is 12.6 Å². The first-order valence-corrected chi connectivity index (χ1v) is 5.99. The van der Waals surface area contributed by atoms with Crippen molar-refractivity contribution in [2.24, 2.45) is 0 Å². The average molecular weight is 195 g/mol. The summed E-state index contributed by atoms with van der Waals surface area (Å²) in [5, 5.41) is 7.86. The Hall–Kier alpha value is -0.340. The van der Waals surface area contributed by atoms with E-state index in [2.05, 4.69) is 29.2 Å². The third kappa shape index (κ3) is 2.32. The van der Waals surface area contributed by atoms with Gasteiger partial charge in [0.05, 0.1) is 0 Å². The maximum Gasteiger partial charge on any atom is 0.0180 e. The smallest absolute Gasteiger partial charge is 0.0180 e. The van der Waals surface area contributed by atoms with Gasteiger partial charge >= 0.3 is 0 Å². The zero-order valence-electron chi connectivity index (χ0n) is 8.18. The quantitative estimate of drug-likeness (QED) is 0.762. The largest absolute Gasteiger partial charge is 0.314 e. The van der Waals surface area contributed by atoms with Crippen molar-refractivity contribution in [3.63, 3.8) is 0 Å². The zero-order valence-corrected chi connectivity index (χ0v) is 8.99. The van der Waals surface area contributed by atoms with Crippen LogP contribution in [0.4, 0.5) is 0 Å². The molecule has 0 spiro atoms. The third-order valence-electron chi connectivity index (χ3n) is 3.08. The predicted octanol–water partition coefficient (Wildman–Crippen LogP) is 2.82. The molecule has 0 saturated heterocycles. The van der Waals surface area contributed by atoms with Crippen LogP contribution in [0.1, 0.15) is 31.2 Å². The lowest BCUT2D eigenvalue weighted by Crippen LogP contribution is -2.26. The van der Waals surface area contributed by atoms with E-state index < -0.39 is 0 Å². The van der Waals surface area contributed by atoms with Crippen molar-refractivity contribution in [3.8, 4) is 0 Å². The van der Waals surface area contributed by atoms with Crippen LogP contribution in [0.25, 0.3) is 0 Å². The molecule has 0 bridgehead atoms. The first-order valence-electron chi connectivity index (χ1n) is 5.05. The lowest BCUT2D eigenvalue weighted by atomic mass is 10.1. The Bertz CT molecular complexity index is 249. The fourth-order valence-corrected chi connectivity index (χ4v) is 2.54. The Morgan fingerprint density at radius 3 is 2.92 bits per heavy atom. The first-order chi connectivity index (χ1) is 6.35. The molecule has 0 amide bonds. The van der Waals surface area contributed by atoms with Crippen LogP contribution in [0, 0.1) is 0 Å². The summed E-state index contributed by atoms with van der Waals surface area (Å²) in [5.74, 6) is 0. The molecule has 72 valence electrons. The normalized spacial score (nSPS) is 18.8. The summed E-state index contributed by atoms with van der Waals surface area (Å²) in [7, 11) is 2.09. The molecule has 1 heterocycles. The van der Waals surface area contributed by atoms with Crippen LogP contribution in [-0.2, 0) is 6.42 Å². The molecule has 1 aliphatic rings. The highest BCUT2D eigenvalue weighted by Crippen LogP contribution is 2.39. The molecule has 0 aromatic carbocycles. The third-order valence-corrected chi connectivity index (χ3v) is 3.82. The Morgan fingerprint density at radius 2 is 2.38 bits per heavy atom. The Morgan fingerprint density at radius 1 is 1.54 bits per heavy atom. The van der Waals surface area contributed by atoms with Gasteiger partial charge in [-0.15, -0.1) is 0 Å². The standard InChI is InChI=1S/C11H17NS/c1-12-11(6-7-11)5-2-3-10-4-8-13-9-10/h4,8-9,12H,2-3,5-7H2,1H3. The summed E-state index contributed by atoms with van der Waals surface area (Å²) in [6, 6.07) is 2.24. The second-order valence-corrected chi connectivity index (χ2v) is 4.80. The molecule has 13 heavy (non-hydrogen) atoms. The van der Waals surface area contributed by atoms with Crippen molar-refractivity contribution in [1.29, 1.82) is 0 Å².